The topological polar surface area (TPSA) is 45.0 Å². The van der Waals surface area contributed by atoms with E-state index in [1.807, 2.05) is 116 Å². The van der Waals surface area contributed by atoms with E-state index < -0.39 is 0 Å². The van der Waals surface area contributed by atoms with E-state index in [2.05, 4.69) is 74.9 Å². The Morgan fingerprint density at radius 2 is 0.720 bits per heavy atom. The van der Waals surface area contributed by atoms with Crippen molar-refractivity contribution in [1.29, 1.82) is 0 Å². The van der Waals surface area contributed by atoms with Gasteiger partial charge in [-0.3, -0.25) is 9.59 Å². The van der Waals surface area contributed by atoms with Crippen LogP contribution < -0.4 is 20.7 Å². The van der Waals surface area contributed by atoms with E-state index in [-0.39, 0.29) is 10.9 Å². The first kappa shape index (κ1) is 29.4. The van der Waals surface area contributed by atoms with E-state index in [4.69, 9.17) is 0 Å². The third kappa shape index (κ3) is 4.71. The summed E-state index contributed by atoms with van der Waals surface area (Å²) < 4.78 is 2.13. The highest BCUT2D eigenvalue weighted by atomic mass is 16.1. The Balaban J connectivity index is 1.41. The number of fused-ring (bicyclic) bond motifs is 4. The van der Waals surface area contributed by atoms with E-state index in [0.717, 1.165) is 50.7 Å². The van der Waals surface area contributed by atoms with Gasteiger partial charge in [0, 0.05) is 55.7 Å². The van der Waals surface area contributed by atoms with Crippen molar-refractivity contribution in [2.45, 2.75) is 6.92 Å². The molecule has 0 spiro atoms. The average molecular weight is 646 g/mol. The van der Waals surface area contributed by atoms with Gasteiger partial charge in [-0.25, -0.2) is 0 Å². The first-order chi connectivity index (χ1) is 24.6. The number of aryl methyl sites for hydroxylation is 1. The summed E-state index contributed by atoms with van der Waals surface area (Å²) in [5, 5.41) is 2.26. The highest BCUT2D eigenvalue weighted by Gasteiger charge is 2.21. The van der Waals surface area contributed by atoms with Crippen LogP contribution in [0.25, 0.3) is 38.1 Å². The van der Waals surface area contributed by atoms with Gasteiger partial charge < -0.3 is 14.2 Å². The lowest BCUT2D eigenvalue weighted by atomic mass is 10.00. The first-order valence-corrected chi connectivity index (χ1v) is 16.7. The molecule has 9 rings (SSSR count). The van der Waals surface area contributed by atoms with Gasteiger partial charge in [0.05, 0.1) is 16.6 Å². The minimum atomic E-state index is -0.0867. The molecule has 5 heteroatoms. The number of nitrogens with zero attached hydrogens (tertiary/aromatic N) is 3. The minimum absolute atomic E-state index is 0.0867. The summed E-state index contributed by atoms with van der Waals surface area (Å²) >= 11 is 0. The molecule has 5 nitrogen and oxygen atoms in total. The summed E-state index contributed by atoms with van der Waals surface area (Å²) in [7, 11) is 0. The Hall–Kier alpha value is -6.72. The summed E-state index contributed by atoms with van der Waals surface area (Å²) in [5.41, 5.74) is 8.59. The van der Waals surface area contributed by atoms with Gasteiger partial charge in [0.25, 0.3) is 0 Å². The van der Waals surface area contributed by atoms with Crippen molar-refractivity contribution in [2.24, 2.45) is 0 Å². The fourth-order valence-electron chi connectivity index (χ4n) is 7.30. The molecule has 50 heavy (non-hydrogen) atoms. The fourth-order valence-corrected chi connectivity index (χ4v) is 7.30. The van der Waals surface area contributed by atoms with Crippen LogP contribution >= 0.6 is 0 Å². The quantitative estimate of drug-likeness (QED) is 0.133. The third-order valence-corrected chi connectivity index (χ3v) is 9.47. The van der Waals surface area contributed by atoms with Crippen molar-refractivity contribution < 1.29 is 0 Å². The van der Waals surface area contributed by atoms with Gasteiger partial charge in [-0.2, -0.15) is 0 Å². The lowest BCUT2D eigenvalue weighted by Gasteiger charge is -2.27. The van der Waals surface area contributed by atoms with Gasteiger partial charge in [0.2, 0.25) is 0 Å². The number of para-hydroxylation sites is 4. The molecule has 0 saturated carbocycles. The molecule has 0 bridgehead atoms. The largest absolute Gasteiger partial charge is 0.310 e. The highest BCUT2D eigenvalue weighted by Crippen LogP contribution is 2.39. The molecule has 0 aliphatic heterocycles. The summed E-state index contributed by atoms with van der Waals surface area (Å²) in [6, 6.07) is 56.7. The van der Waals surface area contributed by atoms with Gasteiger partial charge in [0.15, 0.2) is 10.9 Å². The molecule has 0 N–H and O–H groups in total. The van der Waals surface area contributed by atoms with Crippen LogP contribution in [0.4, 0.5) is 34.1 Å². The molecule has 2 heterocycles. The van der Waals surface area contributed by atoms with Crippen LogP contribution in [-0.4, -0.2) is 4.40 Å². The molecule has 7 aromatic carbocycles. The fraction of sp³-hybridized carbons (Fsp3) is 0.0222. The summed E-state index contributed by atoms with van der Waals surface area (Å²) in [6.45, 7) is 1.94. The molecule has 0 aliphatic rings. The summed E-state index contributed by atoms with van der Waals surface area (Å²) in [5.74, 6) is 0. The molecule has 2 aromatic heterocycles. The maximum atomic E-state index is 14.3. The lowest BCUT2D eigenvalue weighted by molar-refractivity contribution is 1.25. The predicted octanol–water partition coefficient (Wildman–Crippen LogP) is 10.8. The Bertz CT molecular complexity index is 2530. The van der Waals surface area contributed by atoms with E-state index in [9.17, 15) is 9.59 Å². The second kappa shape index (κ2) is 11.8. The molecule has 238 valence electrons. The number of anilines is 6. The molecule has 0 fully saturated rings. The maximum absolute atomic E-state index is 14.3. The molecule has 9 aromatic rings. The van der Waals surface area contributed by atoms with Gasteiger partial charge in [-0.05, 0) is 110 Å². The Morgan fingerprint density at radius 1 is 0.380 bits per heavy atom. The van der Waals surface area contributed by atoms with Crippen molar-refractivity contribution in [3.05, 3.63) is 196 Å². The minimum Gasteiger partial charge on any atom is -0.310 e. The zero-order chi connectivity index (χ0) is 33.8. The zero-order valence-electron chi connectivity index (χ0n) is 27.3. The van der Waals surface area contributed by atoms with E-state index >= 15 is 0 Å². The second-order valence-corrected chi connectivity index (χ2v) is 12.6. The van der Waals surface area contributed by atoms with Gasteiger partial charge >= 0.3 is 0 Å². The number of rotatable bonds is 6. The van der Waals surface area contributed by atoms with Crippen LogP contribution in [0, 0.1) is 6.92 Å². The van der Waals surface area contributed by atoms with Crippen molar-refractivity contribution in [3.8, 4) is 0 Å². The van der Waals surface area contributed by atoms with E-state index in [1.165, 1.54) is 0 Å². The molecule has 0 unspecified atom stereocenters. The summed E-state index contributed by atoms with van der Waals surface area (Å²) in [6.07, 6.45) is 0. The highest BCUT2D eigenvalue weighted by molar-refractivity contribution is 6.09. The summed E-state index contributed by atoms with van der Waals surface area (Å²) in [4.78, 5) is 33.0. The Labute approximate surface area is 288 Å². The maximum Gasteiger partial charge on any atom is 0.197 e. The van der Waals surface area contributed by atoms with Crippen LogP contribution in [-0.2, 0) is 0 Å². The van der Waals surface area contributed by atoms with Gasteiger partial charge in [0.1, 0.15) is 0 Å². The van der Waals surface area contributed by atoms with Crippen LogP contribution in [0.1, 0.15) is 5.56 Å². The molecule has 0 aliphatic carbocycles. The number of hydrogen-bond donors (Lipinski definition) is 0. The molecule has 0 amide bonds. The molecule has 0 radical (unpaired) electrons. The average Bonchev–Trinajstić information content (AvgIpc) is 3.16. The van der Waals surface area contributed by atoms with Crippen molar-refractivity contribution in [1.82, 2.24) is 4.40 Å². The number of hydrogen-bond acceptors (Lipinski definition) is 4. The Kier molecular flexibility index (Phi) is 6.92. The molecule has 0 atom stereocenters. The zero-order valence-corrected chi connectivity index (χ0v) is 27.3. The molecule has 0 saturated heterocycles. The second-order valence-electron chi connectivity index (χ2n) is 12.6. The predicted molar refractivity (Wildman–Crippen MR) is 208 cm³/mol. The monoisotopic (exact) mass is 645 g/mol. The van der Waals surface area contributed by atoms with Crippen LogP contribution in [0.3, 0.4) is 0 Å². The van der Waals surface area contributed by atoms with Crippen LogP contribution in [0.15, 0.2) is 179 Å². The van der Waals surface area contributed by atoms with Gasteiger partial charge in [-0.1, -0.05) is 72.8 Å². The van der Waals surface area contributed by atoms with Crippen LogP contribution in [0.2, 0.25) is 0 Å². The van der Waals surface area contributed by atoms with Crippen LogP contribution in [0.5, 0.6) is 0 Å². The number of aromatic nitrogens is 1. The lowest BCUT2D eigenvalue weighted by Crippen LogP contribution is -2.16. The first-order valence-electron chi connectivity index (χ1n) is 16.7. The Morgan fingerprint density at radius 3 is 1.06 bits per heavy atom. The normalized spacial score (nSPS) is 11.5. The van der Waals surface area contributed by atoms with Crippen molar-refractivity contribution >= 4 is 72.2 Å². The smallest absolute Gasteiger partial charge is 0.197 e. The number of pyridine rings is 2. The van der Waals surface area contributed by atoms with E-state index in [0.29, 0.717) is 27.1 Å². The molecular formula is C45H31N3O2. The standard InChI is InChI=1S/C45H31N3O2/c1-30-26-39-43-40(27-30)45(50)38-25-23-36(47(33-18-10-4-11-19-33)34-20-12-5-13-21-34)29-42(38)48(43)41-28-35(22-24-37(41)44(39)49)46(31-14-6-2-7-15-31)32-16-8-3-9-17-32/h2-29H,1H3. The van der Waals surface area contributed by atoms with Gasteiger partial charge in [-0.15, -0.1) is 0 Å². The third-order valence-electron chi connectivity index (χ3n) is 9.47. The van der Waals surface area contributed by atoms with E-state index in [1.54, 1.807) is 0 Å². The SMILES string of the molecule is Cc1cc2c(=O)c3ccc(N(c4ccccc4)c4ccccc4)cc3n3c4cc(N(c5ccccc5)c5ccccc5)ccc4c(=O)c(c1)c23. The number of benzene rings is 7. The van der Waals surface area contributed by atoms with Crippen molar-refractivity contribution in [3.63, 3.8) is 0 Å². The molecular weight excluding hydrogens is 615 g/mol. The van der Waals surface area contributed by atoms with Crippen molar-refractivity contribution in [2.75, 3.05) is 9.80 Å².